The fraction of sp³-hybridized carbons (Fsp3) is 0.340. The van der Waals surface area contributed by atoms with Gasteiger partial charge in [0.05, 0.1) is 5.56 Å². The Morgan fingerprint density at radius 2 is 1.28 bits per heavy atom. The molecule has 11 heteroatoms. The van der Waals surface area contributed by atoms with Crippen molar-refractivity contribution in [3.8, 4) is 0 Å². The molecule has 0 aliphatic carbocycles. The summed E-state index contributed by atoms with van der Waals surface area (Å²) in [5, 5.41) is 0. The molecule has 1 aromatic heterocycles. The van der Waals surface area contributed by atoms with Crippen molar-refractivity contribution >= 4 is 29.4 Å². The maximum absolute atomic E-state index is 14.9. The number of hydrogen-bond acceptors (Lipinski definition) is 6. The molecule has 0 bridgehead atoms. The molecule has 318 valence electrons. The van der Waals surface area contributed by atoms with Gasteiger partial charge in [0.1, 0.15) is 11.9 Å². The van der Waals surface area contributed by atoms with Crippen molar-refractivity contribution in [2.75, 3.05) is 62.2 Å². The number of rotatable bonds is 12. The van der Waals surface area contributed by atoms with Crippen LogP contribution >= 0.6 is 0 Å². The number of nitrogens with zero attached hydrogens (tertiary/aromatic N) is 6. The van der Waals surface area contributed by atoms with Crippen LogP contribution in [0.15, 0.2) is 134 Å². The minimum atomic E-state index is -4.47. The normalized spacial score (nSPS) is 15.9. The maximum Gasteiger partial charge on any atom is 0.416 e. The molecule has 4 aromatic carbocycles. The fourth-order valence-corrected chi connectivity index (χ4v) is 8.01. The van der Waals surface area contributed by atoms with Gasteiger partial charge in [-0.1, -0.05) is 106 Å². The lowest BCUT2D eigenvalue weighted by Gasteiger charge is -2.39. The summed E-state index contributed by atoms with van der Waals surface area (Å²) in [4.78, 5) is 44.4. The van der Waals surface area contributed by atoms with Crippen molar-refractivity contribution in [3.05, 3.63) is 167 Å². The Kier molecular flexibility index (Phi) is 13.6. The van der Waals surface area contributed by atoms with E-state index in [9.17, 15) is 22.8 Å². The van der Waals surface area contributed by atoms with Crippen LogP contribution in [-0.4, -0.2) is 89.9 Å². The minimum Gasteiger partial charge on any atom is -0.368 e. The van der Waals surface area contributed by atoms with Gasteiger partial charge in [0.15, 0.2) is 0 Å². The van der Waals surface area contributed by atoms with Crippen molar-refractivity contribution in [1.82, 2.24) is 19.7 Å². The second kappa shape index (κ2) is 19.2. The molecule has 2 aliphatic heterocycles. The number of pyridine rings is 1. The highest BCUT2D eigenvalue weighted by Gasteiger charge is 2.35. The van der Waals surface area contributed by atoms with E-state index in [0.29, 0.717) is 38.2 Å². The summed E-state index contributed by atoms with van der Waals surface area (Å²) in [6, 6.07) is 36.5. The van der Waals surface area contributed by atoms with Crippen LogP contribution in [0, 0.1) is 0 Å². The third-order valence-corrected chi connectivity index (χ3v) is 11.7. The number of carbonyl (C=O) groups excluding carboxylic acids is 2. The van der Waals surface area contributed by atoms with E-state index < -0.39 is 23.7 Å². The van der Waals surface area contributed by atoms with Gasteiger partial charge >= 0.3 is 6.18 Å². The lowest BCUT2D eigenvalue weighted by atomic mass is 9.86. The minimum absolute atomic E-state index is 0.0584. The SMILES string of the molecule is CC(C)(C)c1ccc(C[C@@H](C(=O)N2CCN(Cc3ccccc3)CC2)N(Cc2ccc(N3CCN(c4ccccn4)CC3)cc2)C(=O)/C=C/c2ccc(C(F)(F)F)cc2)cc1. The van der Waals surface area contributed by atoms with Crippen molar-refractivity contribution in [2.45, 2.75) is 57.9 Å². The molecule has 2 amide bonds. The molecular weight excluding hydrogens is 774 g/mol. The lowest BCUT2D eigenvalue weighted by Crippen LogP contribution is -2.56. The zero-order valence-electron chi connectivity index (χ0n) is 35.3. The number of benzene rings is 4. The van der Waals surface area contributed by atoms with Gasteiger partial charge in [0.2, 0.25) is 11.8 Å². The molecule has 8 nitrogen and oxygen atoms in total. The highest BCUT2D eigenvalue weighted by Crippen LogP contribution is 2.30. The Morgan fingerprint density at radius 3 is 1.89 bits per heavy atom. The van der Waals surface area contributed by atoms with Crippen molar-refractivity contribution < 1.29 is 22.8 Å². The second-order valence-corrected chi connectivity index (χ2v) is 17.0. The first kappa shape index (κ1) is 43.2. The lowest BCUT2D eigenvalue weighted by molar-refractivity contribution is -0.145. The first-order valence-corrected chi connectivity index (χ1v) is 21.1. The average Bonchev–Trinajstić information content (AvgIpc) is 3.27. The molecule has 0 radical (unpaired) electrons. The van der Waals surface area contributed by atoms with Gasteiger partial charge in [-0.15, -0.1) is 0 Å². The van der Waals surface area contributed by atoms with Gasteiger partial charge in [-0.25, -0.2) is 4.98 Å². The van der Waals surface area contributed by atoms with Crippen LogP contribution in [0.5, 0.6) is 0 Å². The Labute approximate surface area is 357 Å². The maximum atomic E-state index is 14.9. The van der Waals surface area contributed by atoms with E-state index in [4.69, 9.17) is 0 Å². The van der Waals surface area contributed by atoms with Gasteiger partial charge < -0.3 is 19.6 Å². The van der Waals surface area contributed by atoms with Crippen LogP contribution in [-0.2, 0) is 40.7 Å². The van der Waals surface area contributed by atoms with Crippen molar-refractivity contribution in [1.29, 1.82) is 0 Å². The molecule has 0 unspecified atom stereocenters. The summed E-state index contributed by atoms with van der Waals surface area (Å²) in [6.07, 6.45) is 0.535. The van der Waals surface area contributed by atoms with Crippen LogP contribution in [0.25, 0.3) is 6.08 Å². The topological polar surface area (TPSA) is 63.2 Å². The van der Waals surface area contributed by atoms with E-state index in [1.165, 1.54) is 35.4 Å². The summed E-state index contributed by atoms with van der Waals surface area (Å²) >= 11 is 0. The van der Waals surface area contributed by atoms with Gasteiger partial charge in [-0.05, 0) is 75.7 Å². The van der Waals surface area contributed by atoms with Crippen molar-refractivity contribution in [2.24, 2.45) is 0 Å². The average molecular weight is 829 g/mol. The first-order chi connectivity index (χ1) is 29.3. The zero-order chi connectivity index (χ0) is 43.0. The standard InChI is InChI=1S/C50H55F3N6O2/c1-49(2,3)42-19-14-39(15-20-42)35-45(48(61)58-29-27-55(28-30-58)36-40-9-5-4-6-10-40)59(47(60)25-18-38-12-21-43(22-13-38)50(51,52)53)37-41-16-23-44(24-17-41)56-31-33-57(34-32-56)46-11-7-8-26-54-46/h4-26,45H,27-37H2,1-3H3/b25-18+/t45-/m0/s1. The number of hydrogen-bond donors (Lipinski definition) is 0. The molecule has 1 atom stereocenters. The third kappa shape index (κ3) is 11.5. The van der Waals surface area contributed by atoms with E-state index in [2.05, 4.69) is 76.9 Å². The third-order valence-electron chi connectivity index (χ3n) is 11.7. The van der Waals surface area contributed by atoms with Crippen molar-refractivity contribution in [3.63, 3.8) is 0 Å². The Hall–Kier alpha value is -5.94. The van der Waals surface area contributed by atoms with E-state index in [0.717, 1.165) is 67.5 Å². The second-order valence-electron chi connectivity index (χ2n) is 17.0. The number of aromatic nitrogens is 1. The van der Waals surface area contributed by atoms with E-state index in [1.54, 1.807) is 4.90 Å². The quantitative estimate of drug-likeness (QED) is 0.117. The number of amides is 2. The van der Waals surface area contributed by atoms with Crippen LogP contribution < -0.4 is 9.80 Å². The first-order valence-electron chi connectivity index (χ1n) is 21.1. The molecular formula is C50H55F3N6O2. The molecule has 61 heavy (non-hydrogen) atoms. The highest BCUT2D eigenvalue weighted by molar-refractivity contribution is 5.96. The fourth-order valence-electron chi connectivity index (χ4n) is 8.01. The Bertz CT molecular complexity index is 2210. The molecule has 2 fully saturated rings. The molecule has 7 rings (SSSR count). The van der Waals surface area contributed by atoms with Gasteiger partial charge in [0.25, 0.3) is 0 Å². The predicted molar refractivity (Wildman–Crippen MR) is 237 cm³/mol. The number of piperazine rings is 2. The summed E-state index contributed by atoms with van der Waals surface area (Å²) in [6.45, 7) is 13.2. The molecule has 5 aromatic rings. The molecule has 3 heterocycles. The number of alkyl halides is 3. The van der Waals surface area contributed by atoms with Crippen LogP contribution in [0.1, 0.15) is 54.2 Å². The van der Waals surface area contributed by atoms with Gasteiger partial charge in [-0.3, -0.25) is 14.5 Å². The van der Waals surface area contributed by atoms with E-state index >= 15 is 0 Å². The van der Waals surface area contributed by atoms with Gasteiger partial charge in [0, 0.05) is 89.8 Å². The van der Waals surface area contributed by atoms with E-state index in [1.807, 2.05) is 71.8 Å². The largest absolute Gasteiger partial charge is 0.416 e. The Morgan fingerprint density at radius 1 is 0.672 bits per heavy atom. The number of anilines is 2. The van der Waals surface area contributed by atoms with Gasteiger partial charge in [-0.2, -0.15) is 13.2 Å². The van der Waals surface area contributed by atoms with Crippen LogP contribution in [0.2, 0.25) is 0 Å². The molecule has 2 saturated heterocycles. The van der Waals surface area contributed by atoms with Crippen LogP contribution in [0.3, 0.4) is 0 Å². The number of carbonyl (C=O) groups is 2. The monoisotopic (exact) mass is 828 g/mol. The number of halogens is 3. The highest BCUT2D eigenvalue weighted by atomic mass is 19.4. The van der Waals surface area contributed by atoms with Crippen LogP contribution in [0.4, 0.5) is 24.7 Å². The smallest absolute Gasteiger partial charge is 0.368 e. The summed E-state index contributed by atoms with van der Waals surface area (Å²) in [5.74, 6) is 0.442. The molecule has 0 saturated carbocycles. The molecule has 2 aliphatic rings. The van der Waals surface area contributed by atoms with E-state index in [-0.39, 0.29) is 17.9 Å². The molecule has 0 spiro atoms. The summed E-state index contributed by atoms with van der Waals surface area (Å²) < 4.78 is 40.0. The zero-order valence-corrected chi connectivity index (χ0v) is 35.3. The summed E-state index contributed by atoms with van der Waals surface area (Å²) in [5.41, 5.74) is 4.88. The molecule has 0 N–H and O–H groups in total. The predicted octanol–water partition coefficient (Wildman–Crippen LogP) is 8.72. The summed E-state index contributed by atoms with van der Waals surface area (Å²) in [7, 11) is 0. The Balaban J connectivity index is 1.15.